The molecule has 4 nitrogen and oxygen atoms in total. The molecule has 2 aromatic carbocycles. The van der Waals surface area contributed by atoms with Crippen molar-refractivity contribution in [1.82, 2.24) is 4.90 Å². The van der Waals surface area contributed by atoms with E-state index in [0.717, 1.165) is 36.5 Å². The zero-order valence-electron chi connectivity index (χ0n) is 13.5. The van der Waals surface area contributed by atoms with E-state index < -0.39 is 12.0 Å². The first-order chi connectivity index (χ1) is 11.6. The van der Waals surface area contributed by atoms with Crippen LogP contribution < -0.4 is 0 Å². The Hall–Kier alpha value is -2.36. The fraction of sp³-hybridized carbons (Fsp3) is 0.400. The Morgan fingerprint density at radius 2 is 1.75 bits per heavy atom. The van der Waals surface area contributed by atoms with Crippen LogP contribution in [0.2, 0.25) is 0 Å². The zero-order chi connectivity index (χ0) is 16.7. The highest BCUT2D eigenvalue weighted by Gasteiger charge is 2.47. The number of aliphatic carboxylic acids is 1. The van der Waals surface area contributed by atoms with E-state index in [1.165, 1.54) is 0 Å². The van der Waals surface area contributed by atoms with Crippen molar-refractivity contribution in [3.8, 4) is 0 Å². The Bertz CT molecular complexity index is 800. The van der Waals surface area contributed by atoms with Crippen LogP contribution in [0, 0.1) is 5.92 Å². The lowest BCUT2D eigenvalue weighted by Crippen LogP contribution is -2.46. The molecule has 2 aliphatic rings. The molecule has 0 aromatic heterocycles. The molecule has 1 saturated carbocycles. The van der Waals surface area contributed by atoms with Gasteiger partial charge in [-0.05, 0) is 48.1 Å². The molecule has 0 bridgehead atoms. The number of hydrogen-bond acceptors (Lipinski definition) is 2. The first kappa shape index (κ1) is 15.2. The topological polar surface area (TPSA) is 57.6 Å². The molecule has 2 aromatic rings. The third-order valence-electron chi connectivity index (χ3n) is 5.60. The molecular formula is C20H21NO3. The number of benzene rings is 2. The van der Waals surface area contributed by atoms with Gasteiger partial charge in [0.2, 0.25) is 0 Å². The maximum absolute atomic E-state index is 13.1. The molecule has 1 aliphatic carbocycles. The Morgan fingerprint density at radius 1 is 1.00 bits per heavy atom. The summed E-state index contributed by atoms with van der Waals surface area (Å²) in [6.07, 6.45) is 4.78. The fourth-order valence-corrected chi connectivity index (χ4v) is 4.44. The number of carboxylic acid groups (broad SMARTS) is 1. The van der Waals surface area contributed by atoms with E-state index >= 15 is 0 Å². The van der Waals surface area contributed by atoms with Crippen molar-refractivity contribution in [3.05, 3.63) is 48.0 Å². The summed E-state index contributed by atoms with van der Waals surface area (Å²) in [6.45, 7) is 0. The number of carbonyl (C=O) groups is 2. The van der Waals surface area contributed by atoms with Gasteiger partial charge in [0, 0.05) is 11.6 Å². The highest BCUT2D eigenvalue weighted by Crippen LogP contribution is 2.40. The predicted molar refractivity (Wildman–Crippen MR) is 91.9 cm³/mol. The predicted octanol–water partition coefficient (Wildman–Crippen LogP) is 3.70. The van der Waals surface area contributed by atoms with E-state index in [1.54, 1.807) is 4.90 Å². The van der Waals surface area contributed by atoms with E-state index in [-0.39, 0.29) is 11.9 Å². The standard InChI is InChI=1S/C20H21NO3/c22-19(16-10-9-13-5-1-2-6-14(13)11-16)21-17-8-4-3-7-15(17)12-18(21)20(23)24/h1-2,5-6,9-11,15,17-18H,3-4,7-8,12H2,(H,23,24). The van der Waals surface area contributed by atoms with Gasteiger partial charge in [0.1, 0.15) is 6.04 Å². The molecule has 3 atom stereocenters. The van der Waals surface area contributed by atoms with E-state index in [2.05, 4.69) is 0 Å². The smallest absolute Gasteiger partial charge is 0.326 e. The first-order valence-corrected chi connectivity index (χ1v) is 8.69. The summed E-state index contributed by atoms with van der Waals surface area (Å²) in [4.78, 5) is 26.5. The lowest BCUT2D eigenvalue weighted by molar-refractivity contribution is -0.141. The molecule has 1 N–H and O–H groups in total. The molecule has 4 rings (SSSR count). The SMILES string of the molecule is O=C(O)C1CC2CCCCC2N1C(=O)c1ccc2ccccc2c1. The van der Waals surface area contributed by atoms with Gasteiger partial charge in [-0.3, -0.25) is 4.79 Å². The van der Waals surface area contributed by atoms with E-state index in [4.69, 9.17) is 0 Å². The van der Waals surface area contributed by atoms with Gasteiger partial charge in [-0.25, -0.2) is 4.79 Å². The maximum Gasteiger partial charge on any atom is 0.326 e. The molecule has 1 amide bonds. The van der Waals surface area contributed by atoms with Crippen LogP contribution in [0.25, 0.3) is 10.8 Å². The highest BCUT2D eigenvalue weighted by atomic mass is 16.4. The number of rotatable bonds is 2. The van der Waals surface area contributed by atoms with Crippen LogP contribution in [0.5, 0.6) is 0 Å². The second-order valence-electron chi connectivity index (χ2n) is 6.98. The van der Waals surface area contributed by atoms with E-state index in [1.807, 2.05) is 42.5 Å². The van der Waals surface area contributed by atoms with Crippen LogP contribution in [0.1, 0.15) is 42.5 Å². The number of fused-ring (bicyclic) bond motifs is 2. The lowest BCUT2D eigenvalue weighted by atomic mass is 9.84. The van der Waals surface area contributed by atoms with Crippen LogP contribution in [-0.4, -0.2) is 34.0 Å². The minimum Gasteiger partial charge on any atom is -0.480 e. The van der Waals surface area contributed by atoms with Crippen LogP contribution in [0.15, 0.2) is 42.5 Å². The van der Waals surface area contributed by atoms with Gasteiger partial charge in [-0.1, -0.05) is 43.2 Å². The monoisotopic (exact) mass is 323 g/mol. The number of likely N-dealkylation sites (tertiary alicyclic amines) is 1. The van der Waals surface area contributed by atoms with Crippen molar-refractivity contribution >= 4 is 22.6 Å². The second kappa shape index (κ2) is 5.93. The summed E-state index contributed by atoms with van der Waals surface area (Å²) in [5, 5.41) is 11.7. The summed E-state index contributed by atoms with van der Waals surface area (Å²) >= 11 is 0. The van der Waals surface area contributed by atoms with Gasteiger partial charge < -0.3 is 10.0 Å². The Morgan fingerprint density at radius 3 is 2.54 bits per heavy atom. The van der Waals surface area contributed by atoms with Gasteiger partial charge in [0.25, 0.3) is 5.91 Å². The normalized spacial score (nSPS) is 26.3. The zero-order valence-corrected chi connectivity index (χ0v) is 13.5. The molecule has 3 unspecified atom stereocenters. The average molecular weight is 323 g/mol. The minimum atomic E-state index is -0.876. The van der Waals surface area contributed by atoms with Gasteiger partial charge in [-0.2, -0.15) is 0 Å². The summed E-state index contributed by atoms with van der Waals surface area (Å²) in [7, 11) is 0. The van der Waals surface area contributed by atoms with Crippen LogP contribution in [-0.2, 0) is 4.79 Å². The Kier molecular flexibility index (Phi) is 3.75. The maximum atomic E-state index is 13.1. The van der Waals surface area contributed by atoms with E-state index in [0.29, 0.717) is 17.9 Å². The van der Waals surface area contributed by atoms with Crippen molar-refractivity contribution in [2.24, 2.45) is 5.92 Å². The third-order valence-corrected chi connectivity index (χ3v) is 5.60. The minimum absolute atomic E-state index is 0.0822. The molecular weight excluding hydrogens is 302 g/mol. The molecule has 1 aliphatic heterocycles. The molecule has 1 saturated heterocycles. The molecule has 1 heterocycles. The van der Waals surface area contributed by atoms with Crippen molar-refractivity contribution in [1.29, 1.82) is 0 Å². The largest absolute Gasteiger partial charge is 0.480 e. The molecule has 124 valence electrons. The molecule has 2 fully saturated rings. The van der Waals surface area contributed by atoms with Gasteiger partial charge in [0.15, 0.2) is 0 Å². The van der Waals surface area contributed by atoms with Crippen molar-refractivity contribution < 1.29 is 14.7 Å². The Balaban J connectivity index is 1.70. The fourth-order valence-electron chi connectivity index (χ4n) is 4.44. The number of nitrogens with zero attached hydrogens (tertiary/aromatic N) is 1. The van der Waals surface area contributed by atoms with Crippen LogP contribution >= 0.6 is 0 Å². The summed E-state index contributed by atoms with van der Waals surface area (Å²) in [5.74, 6) is -0.676. The summed E-state index contributed by atoms with van der Waals surface area (Å²) in [5.41, 5.74) is 0.589. The third kappa shape index (κ3) is 2.46. The van der Waals surface area contributed by atoms with Gasteiger partial charge in [-0.15, -0.1) is 0 Å². The second-order valence-corrected chi connectivity index (χ2v) is 6.98. The quantitative estimate of drug-likeness (QED) is 0.917. The molecule has 0 spiro atoms. The molecule has 4 heteroatoms. The van der Waals surface area contributed by atoms with Crippen molar-refractivity contribution in [2.45, 2.75) is 44.2 Å². The average Bonchev–Trinajstić information content (AvgIpc) is 3.00. The number of carboxylic acids is 1. The van der Waals surface area contributed by atoms with Crippen LogP contribution in [0.4, 0.5) is 0 Å². The van der Waals surface area contributed by atoms with Crippen LogP contribution in [0.3, 0.4) is 0 Å². The summed E-state index contributed by atoms with van der Waals surface area (Å²) in [6, 6.07) is 12.9. The van der Waals surface area contributed by atoms with Crippen molar-refractivity contribution in [2.75, 3.05) is 0 Å². The molecule has 24 heavy (non-hydrogen) atoms. The highest BCUT2D eigenvalue weighted by molar-refractivity contribution is 6.00. The number of amides is 1. The Labute approximate surface area is 141 Å². The number of hydrogen-bond donors (Lipinski definition) is 1. The lowest BCUT2D eigenvalue weighted by Gasteiger charge is -2.33. The van der Waals surface area contributed by atoms with Gasteiger partial charge in [0.05, 0.1) is 0 Å². The number of carbonyl (C=O) groups excluding carboxylic acids is 1. The van der Waals surface area contributed by atoms with E-state index in [9.17, 15) is 14.7 Å². The molecule has 0 radical (unpaired) electrons. The van der Waals surface area contributed by atoms with Crippen molar-refractivity contribution in [3.63, 3.8) is 0 Å². The summed E-state index contributed by atoms with van der Waals surface area (Å²) < 4.78 is 0. The first-order valence-electron chi connectivity index (χ1n) is 8.69. The van der Waals surface area contributed by atoms with Gasteiger partial charge >= 0.3 is 5.97 Å².